The second-order valence-corrected chi connectivity index (χ2v) is 7.73. The van der Waals surface area contributed by atoms with Gasteiger partial charge in [0.25, 0.3) is 10.0 Å². The molecule has 0 bridgehead atoms. The summed E-state index contributed by atoms with van der Waals surface area (Å²) in [6.07, 6.45) is 1.03. The van der Waals surface area contributed by atoms with Crippen LogP contribution in [0.1, 0.15) is 25.3 Å². The number of nitrogens with one attached hydrogen (secondary N) is 2. The fourth-order valence-electron chi connectivity index (χ4n) is 3.03. The topological polar surface area (TPSA) is 90.9 Å². The van der Waals surface area contributed by atoms with Gasteiger partial charge in [-0.25, -0.2) is 8.42 Å². The largest absolute Gasteiger partial charge is 0.337 e. The molecule has 3 rings (SSSR count). The van der Waals surface area contributed by atoms with Crippen molar-refractivity contribution in [1.82, 2.24) is 14.9 Å². The number of hydrogen-bond acceptors (Lipinski definition) is 5. The summed E-state index contributed by atoms with van der Waals surface area (Å²) in [5.74, 6) is 0.505. The van der Waals surface area contributed by atoms with Crippen molar-refractivity contribution in [1.29, 1.82) is 0 Å². The van der Waals surface area contributed by atoms with Crippen LogP contribution >= 0.6 is 0 Å². The zero-order valence-corrected chi connectivity index (χ0v) is 14.5. The Morgan fingerprint density at radius 3 is 2.96 bits per heavy atom. The first-order valence-electron chi connectivity index (χ1n) is 8.16. The molecule has 2 N–H and O–H groups in total. The molecule has 2 heterocycles. The van der Waals surface area contributed by atoms with Crippen LogP contribution in [0.4, 0.5) is 0 Å². The van der Waals surface area contributed by atoms with Crippen LogP contribution in [0.3, 0.4) is 0 Å². The average Bonchev–Trinajstić information content (AvgIpc) is 2.83. The monoisotopic (exact) mass is 350 g/mol. The number of fused-ring (bicyclic) bond motifs is 1. The van der Waals surface area contributed by atoms with Gasteiger partial charge >= 0.3 is 0 Å². The van der Waals surface area contributed by atoms with Gasteiger partial charge in [0.2, 0.25) is 5.91 Å². The third-order valence-electron chi connectivity index (χ3n) is 4.30. The van der Waals surface area contributed by atoms with Crippen LogP contribution in [0.25, 0.3) is 0 Å². The molecule has 1 amide bonds. The molecule has 1 fully saturated rings. The summed E-state index contributed by atoms with van der Waals surface area (Å²) in [6.45, 7) is 4.85. The lowest BCUT2D eigenvalue weighted by molar-refractivity contribution is -0.134. The van der Waals surface area contributed by atoms with Crippen LogP contribution in [-0.2, 0) is 14.8 Å². The van der Waals surface area contributed by atoms with Gasteiger partial charge in [0, 0.05) is 44.2 Å². The molecular formula is C16H22N4O3S. The predicted octanol–water partition coefficient (Wildman–Crippen LogP) is 0.326. The van der Waals surface area contributed by atoms with Crippen LogP contribution in [0.15, 0.2) is 34.2 Å². The standard InChI is InChI=1S/C16H22N4O3S/c1-12-11-17-9-10-20(12)15(21)7-4-8-18-16-13-5-2-3-6-14(13)24(22,23)19-16/h2-3,5-6,12,17H,4,7-11H2,1H3,(H,18,19). The van der Waals surface area contributed by atoms with Crippen molar-refractivity contribution >= 4 is 21.8 Å². The highest BCUT2D eigenvalue weighted by Gasteiger charge is 2.30. The van der Waals surface area contributed by atoms with E-state index in [2.05, 4.69) is 15.0 Å². The number of amidine groups is 1. The molecule has 0 spiro atoms. The highest BCUT2D eigenvalue weighted by atomic mass is 32.2. The Morgan fingerprint density at radius 2 is 2.17 bits per heavy atom. The number of carbonyl (C=O) groups excluding carboxylic acids is 1. The summed E-state index contributed by atoms with van der Waals surface area (Å²) in [5.41, 5.74) is 0.597. The van der Waals surface area contributed by atoms with Gasteiger partial charge in [-0.1, -0.05) is 12.1 Å². The number of piperazine rings is 1. The first-order valence-corrected chi connectivity index (χ1v) is 9.64. The minimum Gasteiger partial charge on any atom is -0.337 e. The fourth-order valence-corrected chi connectivity index (χ4v) is 4.28. The van der Waals surface area contributed by atoms with Gasteiger partial charge in [-0.2, -0.15) is 0 Å². The molecule has 8 heteroatoms. The SMILES string of the molecule is CC1CNCCN1C(=O)CCCN=C1NS(=O)(=O)c2ccccc21. The number of aliphatic imine (C=N–C) groups is 1. The van der Waals surface area contributed by atoms with Gasteiger partial charge in [-0.05, 0) is 25.5 Å². The van der Waals surface area contributed by atoms with Crippen LogP contribution in [-0.4, -0.2) is 57.3 Å². The van der Waals surface area contributed by atoms with Gasteiger partial charge in [-0.15, -0.1) is 0 Å². The Balaban J connectivity index is 1.57. The second-order valence-electron chi connectivity index (χ2n) is 6.08. The molecule has 0 radical (unpaired) electrons. The molecule has 0 aliphatic carbocycles. The number of hydrogen-bond donors (Lipinski definition) is 2. The van der Waals surface area contributed by atoms with Gasteiger partial charge in [0.05, 0.1) is 4.90 Å². The Morgan fingerprint density at radius 1 is 1.38 bits per heavy atom. The summed E-state index contributed by atoms with van der Waals surface area (Å²) in [6, 6.07) is 6.99. The van der Waals surface area contributed by atoms with Crippen molar-refractivity contribution in [2.45, 2.75) is 30.7 Å². The van der Waals surface area contributed by atoms with Gasteiger partial charge in [0.1, 0.15) is 5.84 Å². The van der Waals surface area contributed by atoms with Gasteiger partial charge in [-0.3, -0.25) is 14.5 Å². The number of amides is 1. The van der Waals surface area contributed by atoms with Crippen molar-refractivity contribution in [3.8, 4) is 0 Å². The van der Waals surface area contributed by atoms with E-state index in [-0.39, 0.29) is 16.8 Å². The maximum atomic E-state index is 12.2. The zero-order chi connectivity index (χ0) is 17.2. The minimum absolute atomic E-state index is 0.136. The molecule has 1 saturated heterocycles. The molecule has 130 valence electrons. The van der Waals surface area contributed by atoms with E-state index >= 15 is 0 Å². The Hall–Kier alpha value is -1.93. The summed E-state index contributed by atoms with van der Waals surface area (Å²) in [4.78, 5) is 18.7. The van der Waals surface area contributed by atoms with Crippen molar-refractivity contribution < 1.29 is 13.2 Å². The van der Waals surface area contributed by atoms with E-state index in [1.54, 1.807) is 24.3 Å². The molecule has 24 heavy (non-hydrogen) atoms. The first kappa shape index (κ1) is 16.9. The smallest absolute Gasteiger partial charge is 0.263 e. The van der Waals surface area contributed by atoms with E-state index in [4.69, 9.17) is 0 Å². The lowest BCUT2D eigenvalue weighted by Crippen LogP contribution is -2.52. The molecule has 2 aliphatic heterocycles. The maximum Gasteiger partial charge on any atom is 0.263 e. The molecule has 1 unspecified atom stereocenters. The van der Waals surface area contributed by atoms with Crippen molar-refractivity contribution in [2.24, 2.45) is 4.99 Å². The van der Waals surface area contributed by atoms with Crippen molar-refractivity contribution in [3.05, 3.63) is 29.8 Å². The van der Waals surface area contributed by atoms with E-state index in [0.29, 0.717) is 30.8 Å². The highest BCUT2D eigenvalue weighted by Crippen LogP contribution is 2.22. The summed E-state index contributed by atoms with van der Waals surface area (Å²) < 4.78 is 26.4. The highest BCUT2D eigenvalue weighted by molar-refractivity contribution is 7.90. The average molecular weight is 350 g/mol. The quantitative estimate of drug-likeness (QED) is 0.766. The predicted molar refractivity (Wildman–Crippen MR) is 91.4 cm³/mol. The number of benzene rings is 1. The van der Waals surface area contributed by atoms with E-state index in [9.17, 15) is 13.2 Å². The van der Waals surface area contributed by atoms with Gasteiger partial charge < -0.3 is 10.2 Å². The molecule has 1 aromatic carbocycles. The number of rotatable bonds is 4. The van der Waals surface area contributed by atoms with E-state index in [1.165, 1.54) is 0 Å². The van der Waals surface area contributed by atoms with E-state index < -0.39 is 10.0 Å². The van der Waals surface area contributed by atoms with Crippen LogP contribution in [0.2, 0.25) is 0 Å². The Labute approximate surface area is 142 Å². The number of sulfonamides is 1. The molecule has 0 saturated carbocycles. The molecule has 1 aromatic rings. The normalized spacial score (nSPS) is 23.8. The Bertz CT molecular complexity index is 760. The molecule has 2 aliphatic rings. The van der Waals surface area contributed by atoms with Crippen LogP contribution in [0, 0.1) is 0 Å². The lowest BCUT2D eigenvalue weighted by Gasteiger charge is -2.34. The third-order valence-corrected chi connectivity index (χ3v) is 5.70. The summed E-state index contributed by atoms with van der Waals surface area (Å²) >= 11 is 0. The summed E-state index contributed by atoms with van der Waals surface area (Å²) in [5, 5.41) is 3.26. The van der Waals surface area contributed by atoms with Crippen LogP contribution < -0.4 is 10.0 Å². The minimum atomic E-state index is -3.50. The molecule has 0 aromatic heterocycles. The van der Waals surface area contributed by atoms with E-state index in [1.807, 2.05) is 11.8 Å². The van der Waals surface area contributed by atoms with Crippen molar-refractivity contribution in [2.75, 3.05) is 26.2 Å². The maximum absolute atomic E-state index is 12.2. The molecule has 7 nitrogen and oxygen atoms in total. The van der Waals surface area contributed by atoms with Gasteiger partial charge in [0.15, 0.2) is 0 Å². The van der Waals surface area contributed by atoms with E-state index in [0.717, 1.165) is 19.6 Å². The molecular weight excluding hydrogens is 328 g/mol. The number of carbonyl (C=O) groups is 1. The third kappa shape index (κ3) is 3.44. The first-order chi connectivity index (χ1) is 11.5. The molecule has 1 atom stereocenters. The zero-order valence-electron chi connectivity index (χ0n) is 13.7. The van der Waals surface area contributed by atoms with Crippen LogP contribution in [0.5, 0.6) is 0 Å². The number of nitrogens with zero attached hydrogens (tertiary/aromatic N) is 2. The Kier molecular flexibility index (Phi) is 4.86. The summed E-state index contributed by atoms with van der Waals surface area (Å²) in [7, 11) is -3.50. The lowest BCUT2D eigenvalue weighted by atomic mass is 10.2. The van der Waals surface area contributed by atoms with Crippen molar-refractivity contribution in [3.63, 3.8) is 0 Å². The second kappa shape index (κ2) is 6.90. The fraction of sp³-hybridized carbons (Fsp3) is 0.500.